The molecule has 0 fully saturated rings. The van der Waals surface area contributed by atoms with E-state index in [9.17, 15) is 9.59 Å². The van der Waals surface area contributed by atoms with E-state index in [0.29, 0.717) is 29.7 Å². The molecule has 2 amide bonds. The van der Waals surface area contributed by atoms with Gasteiger partial charge in [0.1, 0.15) is 13.2 Å². The van der Waals surface area contributed by atoms with Crippen LogP contribution in [0.4, 0.5) is 5.95 Å². The number of nitrogens with one attached hydrogen (secondary N) is 1. The lowest BCUT2D eigenvalue weighted by molar-refractivity contribution is -0.138. The Morgan fingerprint density at radius 2 is 1.74 bits per heavy atom. The second-order valence-electron chi connectivity index (χ2n) is 8.37. The quantitative estimate of drug-likeness (QED) is 0.450. The van der Waals surface area contributed by atoms with E-state index in [1.54, 1.807) is 30.9 Å². The van der Waals surface area contributed by atoms with Crippen LogP contribution in [0, 0.1) is 5.92 Å². The normalized spacial score (nSPS) is 10.8. The number of hydrogen-bond acceptors (Lipinski definition) is 6. The summed E-state index contributed by atoms with van der Waals surface area (Å²) in [6, 6.07) is 15.1. The van der Waals surface area contributed by atoms with Crippen LogP contribution in [0.15, 0.2) is 54.7 Å². The summed E-state index contributed by atoms with van der Waals surface area (Å²) < 4.78 is 17.5. The number of ether oxygens (including phenoxy) is 3. The number of carbonyl (C=O) groups excluding carboxylic acids is 2. The van der Waals surface area contributed by atoms with Crippen molar-refractivity contribution in [1.29, 1.82) is 0 Å². The number of carbonyl (C=O) groups is 2. The first-order valence-corrected chi connectivity index (χ1v) is 11.3. The molecule has 0 unspecified atom stereocenters. The zero-order valence-electron chi connectivity index (χ0n) is 20.8. The van der Waals surface area contributed by atoms with Crippen LogP contribution in [-0.4, -0.2) is 67.3 Å². The van der Waals surface area contributed by atoms with E-state index in [4.69, 9.17) is 14.2 Å². The summed E-state index contributed by atoms with van der Waals surface area (Å²) in [6.07, 6.45) is 1.84. The van der Waals surface area contributed by atoms with Crippen LogP contribution < -0.4 is 14.8 Å². The van der Waals surface area contributed by atoms with E-state index in [2.05, 4.69) is 10.3 Å². The van der Waals surface area contributed by atoms with Gasteiger partial charge >= 0.3 is 0 Å². The highest BCUT2D eigenvalue weighted by molar-refractivity contribution is 5.94. The fourth-order valence-electron chi connectivity index (χ4n) is 3.64. The fourth-order valence-corrected chi connectivity index (χ4v) is 3.64. The van der Waals surface area contributed by atoms with Crippen LogP contribution in [0.25, 0.3) is 16.9 Å². The third-order valence-electron chi connectivity index (χ3n) is 5.21. The molecule has 0 radical (unpaired) electrons. The fraction of sp³-hybridized carbons (Fsp3) is 0.346. The molecule has 0 aliphatic heterocycles. The molecule has 0 saturated heterocycles. The Kier molecular flexibility index (Phi) is 8.86. The second kappa shape index (κ2) is 12.0. The molecular formula is C26H32N4O5. The summed E-state index contributed by atoms with van der Waals surface area (Å²) in [5.74, 6) is 1.05. The van der Waals surface area contributed by atoms with Gasteiger partial charge in [-0.05, 0) is 18.1 Å². The Morgan fingerprint density at radius 3 is 2.37 bits per heavy atom. The average molecular weight is 481 g/mol. The van der Waals surface area contributed by atoms with E-state index >= 15 is 0 Å². The van der Waals surface area contributed by atoms with Crippen LogP contribution in [-0.2, 0) is 14.3 Å². The summed E-state index contributed by atoms with van der Waals surface area (Å²) >= 11 is 0. The summed E-state index contributed by atoms with van der Waals surface area (Å²) in [5.41, 5.74) is 2.31. The SMILES string of the molecule is COCC(=O)N(CC(=O)Nc1nc(-c2ccccc2)cn1-c1ccc(OC)c(OC)c1)CC(C)C. The number of amides is 2. The molecule has 2 aromatic carbocycles. The number of anilines is 1. The van der Waals surface area contributed by atoms with Gasteiger partial charge in [0.2, 0.25) is 17.8 Å². The Balaban J connectivity index is 1.95. The molecule has 1 heterocycles. The highest BCUT2D eigenvalue weighted by atomic mass is 16.5. The van der Waals surface area contributed by atoms with Crippen molar-refractivity contribution in [3.05, 3.63) is 54.7 Å². The number of imidazole rings is 1. The van der Waals surface area contributed by atoms with Crippen LogP contribution in [0.2, 0.25) is 0 Å². The third-order valence-corrected chi connectivity index (χ3v) is 5.21. The van der Waals surface area contributed by atoms with Gasteiger partial charge in [-0.25, -0.2) is 4.98 Å². The first-order valence-electron chi connectivity index (χ1n) is 11.3. The first kappa shape index (κ1) is 25.8. The molecule has 1 aromatic heterocycles. The number of benzene rings is 2. The minimum absolute atomic E-state index is 0.0849. The van der Waals surface area contributed by atoms with Crippen LogP contribution in [0.1, 0.15) is 13.8 Å². The zero-order chi connectivity index (χ0) is 25.4. The number of hydrogen-bond donors (Lipinski definition) is 1. The molecule has 186 valence electrons. The van der Waals surface area contributed by atoms with Crippen LogP contribution in [0.5, 0.6) is 11.5 Å². The molecule has 0 aliphatic rings. The van der Waals surface area contributed by atoms with Crippen molar-refractivity contribution in [2.24, 2.45) is 5.92 Å². The topological polar surface area (TPSA) is 94.9 Å². The molecule has 1 N–H and O–H groups in total. The molecule has 0 bridgehead atoms. The third kappa shape index (κ3) is 6.60. The Morgan fingerprint density at radius 1 is 1.03 bits per heavy atom. The maximum absolute atomic E-state index is 13.0. The van der Waals surface area contributed by atoms with Gasteiger partial charge in [0.05, 0.1) is 25.6 Å². The Bertz CT molecular complexity index is 1140. The van der Waals surface area contributed by atoms with Crippen LogP contribution in [0.3, 0.4) is 0 Å². The Hall–Kier alpha value is -3.85. The predicted molar refractivity (Wildman–Crippen MR) is 134 cm³/mol. The van der Waals surface area contributed by atoms with E-state index in [1.807, 2.05) is 56.4 Å². The molecule has 0 atom stereocenters. The van der Waals surface area contributed by atoms with Gasteiger partial charge in [-0.3, -0.25) is 19.5 Å². The maximum Gasteiger partial charge on any atom is 0.249 e. The zero-order valence-corrected chi connectivity index (χ0v) is 20.8. The largest absolute Gasteiger partial charge is 0.493 e. The van der Waals surface area contributed by atoms with Gasteiger partial charge in [0.15, 0.2) is 11.5 Å². The van der Waals surface area contributed by atoms with Crippen molar-refractivity contribution in [1.82, 2.24) is 14.5 Å². The highest BCUT2D eigenvalue weighted by Crippen LogP contribution is 2.31. The van der Waals surface area contributed by atoms with E-state index in [1.165, 1.54) is 12.0 Å². The minimum Gasteiger partial charge on any atom is -0.493 e. The van der Waals surface area contributed by atoms with Crippen molar-refractivity contribution in [2.75, 3.05) is 46.3 Å². The highest BCUT2D eigenvalue weighted by Gasteiger charge is 2.21. The number of methoxy groups -OCH3 is 3. The monoisotopic (exact) mass is 480 g/mol. The van der Waals surface area contributed by atoms with Crippen molar-refractivity contribution < 1.29 is 23.8 Å². The lowest BCUT2D eigenvalue weighted by Gasteiger charge is -2.23. The van der Waals surface area contributed by atoms with E-state index < -0.39 is 0 Å². The predicted octanol–water partition coefficient (Wildman–Crippen LogP) is 3.63. The minimum atomic E-state index is -0.359. The molecule has 3 aromatic rings. The van der Waals surface area contributed by atoms with E-state index in [0.717, 1.165) is 11.3 Å². The molecule has 0 saturated carbocycles. The molecule has 0 spiro atoms. The van der Waals surface area contributed by atoms with Crippen molar-refractivity contribution in [2.45, 2.75) is 13.8 Å². The molecule has 35 heavy (non-hydrogen) atoms. The molecule has 3 rings (SSSR count). The van der Waals surface area contributed by atoms with Gasteiger partial charge in [-0.1, -0.05) is 44.2 Å². The second-order valence-corrected chi connectivity index (χ2v) is 8.37. The summed E-state index contributed by atoms with van der Waals surface area (Å²) in [7, 11) is 4.59. The molecular weight excluding hydrogens is 448 g/mol. The van der Waals surface area contributed by atoms with Gasteiger partial charge in [0, 0.05) is 31.5 Å². The number of rotatable bonds is 11. The van der Waals surface area contributed by atoms with Crippen LogP contribution >= 0.6 is 0 Å². The van der Waals surface area contributed by atoms with Gasteiger partial charge in [-0.2, -0.15) is 0 Å². The van der Waals surface area contributed by atoms with E-state index in [-0.39, 0.29) is 30.9 Å². The molecule has 0 aliphatic carbocycles. The van der Waals surface area contributed by atoms with Gasteiger partial charge in [-0.15, -0.1) is 0 Å². The summed E-state index contributed by atoms with van der Waals surface area (Å²) in [4.78, 5) is 31.6. The van der Waals surface area contributed by atoms with Gasteiger partial charge < -0.3 is 19.1 Å². The molecule has 9 heteroatoms. The standard InChI is InChI=1S/C26H32N4O5/c1-18(2)14-29(25(32)17-33-3)16-24(31)28-26-27-21(19-9-7-6-8-10-19)15-30(26)20-11-12-22(34-4)23(13-20)35-5/h6-13,15,18H,14,16-17H2,1-5H3,(H,27,28,31). The lowest BCUT2D eigenvalue weighted by atomic mass is 10.2. The Labute approximate surface area is 205 Å². The van der Waals surface area contributed by atoms with Gasteiger partial charge in [0.25, 0.3) is 0 Å². The van der Waals surface area contributed by atoms with Crippen molar-refractivity contribution in [3.63, 3.8) is 0 Å². The van der Waals surface area contributed by atoms with Crippen molar-refractivity contribution in [3.8, 4) is 28.4 Å². The summed E-state index contributed by atoms with van der Waals surface area (Å²) in [5, 5.41) is 2.87. The van der Waals surface area contributed by atoms with Crippen molar-refractivity contribution >= 4 is 17.8 Å². The number of nitrogens with zero attached hydrogens (tertiary/aromatic N) is 3. The molecule has 9 nitrogen and oxygen atoms in total. The summed E-state index contributed by atoms with van der Waals surface area (Å²) in [6.45, 7) is 4.22. The maximum atomic E-state index is 13.0. The lowest BCUT2D eigenvalue weighted by Crippen LogP contribution is -2.42. The number of aromatic nitrogens is 2. The first-order chi connectivity index (χ1) is 16.9. The smallest absolute Gasteiger partial charge is 0.249 e. The average Bonchev–Trinajstić information content (AvgIpc) is 3.27.